The molecular formula is C10H6ClF3O5S2. The Bertz CT molecular complexity index is 767. The van der Waals surface area contributed by atoms with E-state index >= 15 is 0 Å². The lowest BCUT2D eigenvalue weighted by atomic mass is 10.3. The molecule has 1 aromatic heterocycles. The van der Waals surface area contributed by atoms with Crippen LogP contribution in [0.3, 0.4) is 0 Å². The van der Waals surface area contributed by atoms with Gasteiger partial charge in [0.05, 0.1) is 0 Å². The minimum absolute atomic E-state index is 0.0604. The fourth-order valence-corrected chi connectivity index (χ4v) is 3.04. The summed E-state index contributed by atoms with van der Waals surface area (Å²) < 4.78 is 62.9. The van der Waals surface area contributed by atoms with Gasteiger partial charge in [-0.2, -0.15) is 21.6 Å². The maximum absolute atomic E-state index is 10.8. The molecule has 2 rings (SSSR count). The minimum atomic E-state index is -5.08. The van der Waals surface area contributed by atoms with Crippen LogP contribution in [0.5, 0.6) is 0 Å². The van der Waals surface area contributed by atoms with E-state index in [1.165, 1.54) is 6.07 Å². The molecule has 5 nitrogen and oxygen atoms in total. The molecule has 0 saturated carbocycles. The van der Waals surface area contributed by atoms with Crippen molar-refractivity contribution in [2.45, 2.75) is 10.4 Å². The van der Waals surface area contributed by atoms with Gasteiger partial charge < -0.3 is 5.11 Å². The molecular weight excluding hydrogens is 357 g/mol. The number of halogens is 4. The van der Waals surface area contributed by atoms with Gasteiger partial charge in [0, 0.05) is 9.72 Å². The van der Waals surface area contributed by atoms with E-state index in [9.17, 15) is 21.6 Å². The van der Waals surface area contributed by atoms with Gasteiger partial charge in [-0.3, -0.25) is 4.55 Å². The molecule has 0 aliphatic carbocycles. The van der Waals surface area contributed by atoms with E-state index < -0.39 is 22.3 Å². The third-order valence-corrected chi connectivity index (χ3v) is 4.61. The van der Waals surface area contributed by atoms with Gasteiger partial charge in [-0.05, 0) is 29.7 Å². The van der Waals surface area contributed by atoms with Crippen molar-refractivity contribution in [2.24, 2.45) is 0 Å². The number of carboxylic acid groups (broad SMARTS) is 1. The number of aliphatic carboxylic acids is 1. The van der Waals surface area contributed by atoms with Crippen molar-refractivity contribution in [3.05, 3.63) is 29.3 Å². The van der Waals surface area contributed by atoms with E-state index in [4.69, 9.17) is 26.1 Å². The Morgan fingerprint density at radius 3 is 2.19 bits per heavy atom. The van der Waals surface area contributed by atoms with Crippen molar-refractivity contribution in [3.8, 4) is 0 Å². The summed E-state index contributed by atoms with van der Waals surface area (Å²) in [7, 11) is -4.10. The zero-order chi connectivity index (χ0) is 16.4. The minimum Gasteiger partial charge on any atom is -0.475 e. The summed E-state index contributed by atoms with van der Waals surface area (Å²) in [6.07, 6.45) is -5.08. The molecule has 2 aromatic rings. The molecule has 0 radical (unpaired) electrons. The van der Waals surface area contributed by atoms with Gasteiger partial charge in [0.15, 0.2) is 0 Å². The van der Waals surface area contributed by atoms with E-state index in [-0.39, 0.29) is 4.21 Å². The summed E-state index contributed by atoms with van der Waals surface area (Å²) >= 11 is 6.75. The first-order valence-electron chi connectivity index (χ1n) is 4.88. The fraction of sp³-hybridized carbons (Fsp3) is 0.100. The lowest BCUT2D eigenvalue weighted by Gasteiger charge is -1.93. The summed E-state index contributed by atoms with van der Waals surface area (Å²) in [6, 6.07) is 6.45. The maximum Gasteiger partial charge on any atom is 0.490 e. The predicted octanol–water partition coefficient (Wildman–Crippen LogP) is 3.43. The number of hydrogen-bond donors (Lipinski definition) is 2. The molecule has 11 heteroatoms. The molecule has 0 saturated heterocycles. The quantitative estimate of drug-likeness (QED) is 0.758. The highest BCUT2D eigenvalue weighted by Gasteiger charge is 2.38. The first-order chi connectivity index (χ1) is 9.41. The van der Waals surface area contributed by atoms with Crippen molar-refractivity contribution in [1.82, 2.24) is 0 Å². The molecule has 1 aromatic carbocycles. The zero-order valence-electron chi connectivity index (χ0n) is 9.76. The molecule has 0 aliphatic rings. The molecule has 0 unspecified atom stereocenters. The van der Waals surface area contributed by atoms with Gasteiger partial charge in [-0.1, -0.05) is 11.6 Å². The van der Waals surface area contributed by atoms with Gasteiger partial charge in [0.25, 0.3) is 0 Å². The van der Waals surface area contributed by atoms with Crippen LogP contribution in [0.25, 0.3) is 10.1 Å². The van der Waals surface area contributed by atoms with Crippen molar-refractivity contribution < 1.29 is 36.0 Å². The highest BCUT2D eigenvalue weighted by atomic mass is 35.5. The van der Waals surface area contributed by atoms with Crippen LogP contribution in [0.2, 0.25) is 5.02 Å². The molecule has 0 spiro atoms. The molecule has 0 atom stereocenters. The monoisotopic (exact) mass is 362 g/mol. The highest BCUT2D eigenvalue weighted by molar-refractivity contribution is 7.88. The second kappa shape index (κ2) is 6.18. The Kier molecular flexibility index (Phi) is 5.20. The number of carbonyl (C=O) groups is 1. The first-order valence-corrected chi connectivity index (χ1v) is 7.51. The molecule has 2 N–H and O–H groups in total. The Morgan fingerprint density at radius 1 is 1.24 bits per heavy atom. The van der Waals surface area contributed by atoms with E-state index in [0.29, 0.717) is 5.02 Å². The Labute approximate surface area is 125 Å². The van der Waals surface area contributed by atoms with Gasteiger partial charge in [0.2, 0.25) is 0 Å². The number of benzene rings is 1. The van der Waals surface area contributed by atoms with E-state index in [2.05, 4.69) is 0 Å². The van der Waals surface area contributed by atoms with Crippen LogP contribution in [0, 0.1) is 0 Å². The second-order valence-corrected chi connectivity index (χ2v) is 6.69. The van der Waals surface area contributed by atoms with Crippen LogP contribution in [0.15, 0.2) is 28.5 Å². The zero-order valence-corrected chi connectivity index (χ0v) is 12.1. The molecule has 0 fully saturated rings. The van der Waals surface area contributed by atoms with Crippen molar-refractivity contribution in [2.75, 3.05) is 0 Å². The largest absolute Gasteiger partial charge is 0.490 e. The highest BCUT2D eigenvalue weighted by Crippen LogP contribution is 2.30. The SMILES string of the molecule is O=C(O)C(F)(F)F.O=S(=O)(O)c1cc2cc(Cl)ccc2s1. The molecule has 0 bridgehead atoms. The van der Waals surface area contributed by atoms with Crippen LogP contribution < -0.4 is 0 Å². The number of carboxylic acids is 1. The fourth-order valence-electron chi connectivity index (χ4n) is 1.12. The van der Waals surface area contributed by atoms with E-state index in [1.807, 2.05) is 0 Å². The van der Waals surface area contributed by atoms with Crippen molar-refractivity contribution in [3.63, 3.8) is 0 Å². The number of alkyl halides is 3. The third kappa shape index (κ3) is 5.16. The van der Waals surface area contributed by atoms with Crippen LogP contribution in [-0.4, -0.2) is 30.2 Å². The Hall–Kier alpha value is -1.36. The van der Waals surface area contributed by atoms with Crippen molar-refractivity contribution >= 4 is 49.1 Å². The Balaban J connectivity index is 0.000000270. The Morgan fingerprint density at radius 2 is 1.76 bits per heavy atom. The molecule has 0 amide bonds. The summed E-state index contributed by atoms with van der Waals surface area (Å²) in [5.74, 6) is -2.76. The normalized spacial score (nSPS) is 11.9. The predicted molar refractivity (Wildman–Crippen MR) is 70.3 cm³/mol. The van der Waals surface area contributed by atoms with E-state index in [1.54, 1.807) is 18.2 Å². The van der Waals surface area contributed by atoms with Gasteiger partial charge in [-0.15, -0.1) is 11.3 Å². The average molecular weight is 363 g/mol. The van der Waals surface area contributed by atoms with Crippen molar-refractivity contribution in [1.29, 1.82) is 0 Å². The molecule has 116 valence electrons. The summed E-state index contributed by atoms with van der Waals surface area (Å²) in [5.41, 5.74) is 0. The number of fused-ring (bicyclic) bond motifs is 1. The lowest BCUT2D eigenvalue weighted by molar-refractivity contribution is -0.192. The summed E-state index contributed by atoms with van der Waals surface area (Å²) in [5, 5.41) is 8.38. The first kappa shape index (κ1) is 17.7. The number of hydrogen-bond acceptors (Lipinski definition) is 4. The summed E-state index contributed by atoms with van der Waals surface area (Å²) in [4.78, 5) is 8.90. The third-order valence-electron chi connectivity index (χ3n) is 1.95. The second-order valence-electron chi connectivity index (χ2n) is 3.53. The summed E-state index contributed by atoms with van der Waals surface area (Å²) in [6.45, 7) is 0. The smallest absolute Gasteiger partial charge is 0.475 e. The van der Waals surface area contributed by atoms with Crippen LogP contribution in [0.1, 0.15) is 0 Å². The van der Waals surface area contributed by atoms with Crippen LogP contribution >= 0.6 is 22.9 Å². The number of rotatable bonds is 1. The van der Waals surface area contributed by atoms with Gasteiger partial charge in [0.1, 0.15) is 4.21 Å². The number of thiophene rings is 1. The lowest BCUT2D eigenvalue weighted by Crippen LogP contribution is -2.21. The van der Waals surface area contributed by atoms with E-state index in [0.717, 1.165) is 21.4 Å². The molecule has 21 heavy (non-hydrogen) atoms. The van der Waals surface area contributed by atoms with Gasteiger partial charge in [-0.25, -0.2) is 4.79 Å². The van der Waals surface area contributed by atoms with Gasteiger partial charge >= 0.3 is 22.3 Å². The van der Waals surface area contributed by atoms with Crippen LogP contribution in [0.4, 0.5) is 13.2 Å². The maximum atomic E-state index is 10.8. The molecule has 0 aliphatic heterocycles. The average Bonchev–Trinajstić information content (AvgIpc) is 2.70. The molecule has 1 heterocycles. The van der Waals surface area contributed by atoms with Crippen LogP contribution in [-0.2, 0) is 14.9 Å². The topological polar surface area (TPSA) is 91.7 Å². The standard InChI is InChI=1S/C8H5ClO3S2.C2HF3O2/c9-6-1-2-7-5(3-6)4-8(13-7)14(10,11)12;3-2(4,5)1(6)7/h1-4H,(H,10,11,12);(H,6,7).